The predicted octanol–water partition coefficient (Wildman–Crippen LogP) is 4.34. The minimum Gasteiger partial charge on any atom is -0.493 e. The van der Waals surface area contributed by atoms with Crippen LogP contribution in [0.15, 0.2) is 54.1 Å². The van der Waals surface area contributed by atoms with Gasteiger partial charge in [-0.1, -0.05) is 24.3 Å². The van der Waals surface area contributed by atoms with Crippen LogP contribution in [0.4, 0.5) is 0 Å². The molecular weight excluding hydrogens is 326 g/mol. The molecular formula is C21H17N3O2. The monoisotopic (exact) mass is 343 g/mol. The SMILES string of the molecule is COc1cccc2c1OC(C)C(/C=C(/C#N)c1nc3ccccc3[nH]1)=C2. The number of fused-ring (bicyclic) bond motifs is 2. The summed E-state index contributed by atoms with van der Waals surface area (Å²) in [5, 5.41) is 9.63. The van der Waals surface area contributed by atoms with Crippen LogP contribution in [0.1, 0.15) is 18.3 Å². The first-order valence-corrected chi connectivity index (χ1v) is 8.32. The van der Waals surface area contributed by atoms with E-state index in [4.69, 9.17) is 9.47 Å². The Bertz CT molecular complexity index is 1050. The summed E-state index contributed by atoms with van der Waals surface area (Å²) in [5.74, 6) is 1.98. The number of H-pyrrole nitrogens is 1. The number of para-hydroxylation sites is 3. The molecule has 0 radical (unpaired) electrons. The summed E-state index contributed by atoms with van der Waals surface area (Å²) in [7, 11) is 1.62. The molecule has 1 N–H and O–H groups in total. The maximum atomic E-state index is 9.63. The van der Waals surface area contributed by atoms with Crippen LogP contribution in [-0.4, -0.2) is 23.2 Å². The van der Waals surface area contributed by atoms with Gasteiger partial charge in [-0.05, 0) is 42.8 Å². The highest BCUT2D eigenvalue weighted by molar-refractivity contribution is 5.84. The largest absolute Gasteiger partial charge is 0.493 e. The van der Waals surface area contributed by atoms with Crippen LogP contribution < -0.4 is 9.47 Å². The van der Waals surface area contributed by atoms with E-state index in [2.05, 4.69) is 16.0 Å². The maximum Gasteiger partial charge on any atom is 0.169 e. The van der Waals surface area contributed by atoms with Gasteiger partial charge in [-0.25, -0.2) is 4.98 Å². The van der Waals surface area contributed by atoms with Crippen molar-refractivity contribution in [1.82, 2.24) is 9.97 Å². The number of hydrogen-bond donors (Lipinski definition) is 1. The number of methoxy groups -OCH3 is 1. The van der Waals surface area contributed by atoms with Crippen molar-refractivity contribution in [3.63, 3.8) is 0 Å². The highest BCUT2D eigenvalue weighted by atomic mass is 16.5. The van der Waals surface area contributed by atoms with Gasteiger partial charge in [-0.3, -0.25) is 0 Å². The van der Waals surface area contributed by atoms with Crippen LogP contribution in [0.2, 0.25) is 0 Å². The highest BCUT2D eigenvalue weighted by Crippen LogP contribution is 2.38. The fourth-order valence-electron chi connectivity index (χ4n) is 3.03. The summed E-state index contributed by atoms with van der Waals surface area (Å²) in [6, 6.07) is 15.7. The van der Waals surface area contributed by atoms with E-state index in [9.17, 15) is 5.26 Å². The molecule has 0 spiro atoms. The van der Waals surface area contributed by atoms with E-state index in [1.54, 1.807) is 7.11 Å². The number of hydrogen-bond acceptors (Lipinski definition) is 4. The lowest BCUT2D eigenvalue weighted by Gasteiger charge is -2.24. The van der Waals surface area contributed by atoms with Gasteiger partial charge in [0.2, 0.25) is 0 Å². The molecule has 1 aliphatic rings. The van der Waals surface area contributed by atoms with Crippen molar-refractivity contribution in [3.05, 3.63) is 65.5 Å². The Balaban J connectivity index is 1.77. The Morgan fingerprint density at radius 2 is 2.12 bits per heavy atom. The van der Waals surface area contributed by atoms with E-state index in [1.807, 2.05) is 61.5 Å². The second-order valence-corrected chi connectivity index (χ2v) is 6.06. The van der Waals surface area contributed by atoms with Crippen molar-refractivity contribution in [2.24, 2.45) is 0 Å². The molecule has 2 heterocycles. The van der Waals surface area contributed by atoms with Gasteiger partial charge >= 0.3 is 0 Å². The Morgan fingerprint density at radius 3 is 2.88 bits per heavy atom. The zero-order valence-electron chi connectivity index (χ0n) is 14.5. The van der Waals surface area contributed by atoms with Gasteiger partial charge in [0, 0.05) is 5.56 Å². The summed E-state index contributed by atoms with van der Waals surface area (Å²) >= 11 is 0. The van der Waals surface area contributed by atoms with Crippen LogP contribution in [0.25, 0.3) is 22.7 Å². The minimum atomic E-state index is -0.202. The summed E-state index contributed by atoms with van der Waals surface area (Å²) in [6.07, 6.45) is 3.64. The number of benzene rings is 2. The quantitative estimate of drug-likeness (QED) is 0.718. The lowest BCUT2D eigenvalue weighted by atomic mass is 10.00. The molecule has 1 atom stereocenters. The predicted molar refractivity (Wildman–Crippen MR) is 101 cm³/mol. The van der Waals surface area contributed by atoms with E-state index < -0.39 is 0 Å². The average Bonchev–Trinajstić information content (AvgIpc) is 3.09. The molecule has 0 bridgehead atoms. The van der Waals surface area contributed by atoms with Crippen molar-refractivity contribution in [1.29, 1.82) is 5.26 Å². The standard InChI is InChI=1S/C21H17N3O2/c1-13-15(10-14-6-5-9-19(25-2)20(14)26-13)11-16(12-22)21-23-17-7-3-4-8-18(17)24-21/h3-11,13H,1-2H3,(H,23,24)/b16-11-. The number of aromatic amines is 1. The molecule has 1 unspecified atom stereocenters. The van der Waals surface area contributed by atoms with Crippen molar-refractivity contribution < 1.29 is 9.47 Å². The summed E-state index contributed by atoms with van der Waals surface area (Å²) in [5.41, 5.74) is 4.04. The number of nitriles is 1. The molecule has 0 fully saturated rings. The zero-order chi connectivity index (χ0) is 18.1. The number of aromatic nitrogens is 2. The van der Waals surface area contributed by atoms with Gasteiger partial charge in [0.1, 0.15) is 18.0 Å². The van der Waals surface area contributed by atoms with Gasteiger partial charge in [-0.2, -0.15) is 5.26 Å². The molecule has 26 heavy (non-hydrogen) atoms. The first-order valence-electron chi connectivity index (χ1n) is 8.32. The zero-order valence-corrected chi connectivity index (χ0v) is 14.5. The lowest BCUT2D eigenvalue weighted by molar-refractivity contribution is 0.243. The molecule has 5 nitrogen and oxygen atoms in total. The number of rotatable bonds is 3. The van der Waals surface area contributed by atoms with Crippen molar-refractivity contribution in [2.45, 2.75) is 13.0 Å². The molecule has 0 aliphatic carbocycles. The minimum absolute atomic E-state index is 0.202. The first-order chi connectivity index (χ1) is 12.7. The number of ether oxygens (including phenoxy) is 2. The van der Waals surface area contributed by atoms with Crippen LogP contribution in [0.5, 0.6) is 11.5 Å². The highest BCUT2D eigenvalue weighted by Gasteiger charge is 2.21. The van der Waals surface area contributed by atoms with Gasteiger partial charge in [0.15, 0.2) is 11.5 Å². The molecule has 1 aliphatic heterocycles. The second-order valence-electron chi connectivity index (χ2n) is 6.06. The van der Waals surface area contributed by atoms with Gasteiger partial charge in [0.25, 0.3) is 0 Å². The molecule has 0 amide bonds. The van der Waals surface area contributed by atoms with Crippen molar-refractivity contribution in [2.75, 3.05) is 7.11 Å². The summed E-state index contributed by atoms with van der Waals surface area (Å²) in [4.78, 5) is 7.71. The number of nitrogens with one attached hydrogen (secondary N) is 1. The van der Waals surface area contributed by atoms with Gasteiger partial charge < -0.3 is 14.5 Å². The Labute approximate surface area is 151 Å². The molecule has 1 aromatic heterocycles. The van der Waals surface area contributed by atoms with E-state index in [0.717, 1.165) is 27.9 Å². The van der Waals surface area contributed by atoms with Gasteiger partial charge in [0.05, 0.1) is 23.7 Å². The number of imidazole rings is 1. The van der Waals surface area contributed by atoms with Crippen LogP contribution in [-0.2, 0) is 0 Å². The molecule has 128 valence electrons. The summed E-state index contributed by atoms with van der Waals surface area (Å²) in [6.45, 7) is 1.95. The number of allylic oxidation sites excluding steroid dienone is 1. The molecule has 0 saturated heterocycles. The molecule has 5 heteroatoms. The Hall–Kier alpha value is -3.52. The molecule has 3 aromatic rings. The van der Waals surface area contributed by atoms with E-state index in [-0.39, 0.29) is 6.10 Å². The summed E-state index contributed by atoms with van der Waals surface area (Å²) < 4.78 is 11.4. The Kier molecular flexibility index (Phi) is 3.94. The van der Waals surface area contributed by atoms with Gasteiger partial charge in [-0.15, -0.1) is 0 Å². The van der Waals surface area contributed by atoms with E-state index in [0.29, 0.717) is 17.1 Å². The smallest absolute Gasteiger partial charge is 0.169 e. The van der Waals surface area contributed by atoms with Crippen LogP contribution >= 0.6 is 0 Å². The third kappa shape index (κ3) is 2.72. The maximum absolute atomic E-state index is 9.63. The fourth-order valence-corrected chi connectivity index (χ4v) is 3.03. The first kappa shape index (κ1) is 16.0. The van der Waals surface area contributed by atoms with Crippen molar-refractivity contribution >= 4 is 22.7 Å². The normalized spacial score (nSPS) is 16.4. The van der Waals surface area contributed by atoms with Crippen LogP contribution in [0.3, 0.4) is 0 Å². The second kappa shape index (κ2) is 6.41. The third-order valence-electron chi connectivity index (χ3n) is 4.39. The molecule has 0 saturated carbocycles. The lowest BCUT2D eigenvalue weighted by Crippen LogP contribution is -2.18. The van der Waals surface area contributed by atoms with Crippen LogP contribution in [0, 0.1) is 11.3 Å². The average molecular weight is 343 g/mol. The fraction of sp³-hybridized carbons (Fsp3) is 0.143. The Morgan fingerprint density at radius 1 is 1.27 bits per heavy atom. The van der Waals surface area contributed by atoms with E-state index in [1.165, 1.54) is 0 Å². The topological polar surface area (TPSA) is 70.9 Å². The third-order valence-corrected chi connectivity index (χ3v) is 4.39. The van der Waals surface area contributed by atoms with E-state index >= 15 is 0 Å². The number of nitrogens with zero attached hydrogens (tertiary/aromatic N) is 2. The molecule has 4 rings (SSSR count). The molecule has 2 aromatic carbocycles. The van der Waals surface area contributed by atoms with Crippen molar-refractivity contribution in [3.8, 4) is 17.6 Å².